The van der Waals surface area contributed by atoms with Crippen LogP contribution in [0.25, 0.3) is 0 Å². The maximum absolute atomic E-state index is 11.8. The van der Waals surface area contributed by atoms with E-state index in [1.165, 1.54) is 17.4 Å². The Morgan fingerprint density at radius 3 is 2.78 bits per heavy atom. The standard InChI is InChI=1S/C12H10N2O3S/c1-8-10(3-2-4-11(8)14(16)17)13-12(15)9-5-6-18-7-9/h2-7H,1H3,(H,13,15). The molecule has 0 saturated heterocycles. The molecule has 0 aliphatic heterocycles. The predicted molar refractivity (Wildman–Crippen MR) is 70.1 cm³/mol. The number of nitrogens with one attached hydrogen (secondary N) is 1. The van der Waals surface area contributed by atoms with Crippen molar-refractivity contribution in [1.82, 2.24) is 0 Å². The third kappa shape index (κ3) is 2.38. The van der Waals surface area contributed by atoms with Gasteiger partial charge in [0.15, 0.2) is 0 Å². The van der Waals surface area contributed by atoms with Crippen LogP contribution < -0.4 is 5.32 Å². The largest absolute Gasteiger partial charge is 0.321 e. The van der Waals surface area contributed by atoms with Crippen LogP contribution in [0.5, 0.6) is 0 Å². The number of rotatable bonds is 3. The van der Waals surface area contributed by atoms with Gasteiger partial charge in [-0.1, -0.05) is 6.07 Å². The minimum atomic E-state index is -0.463. The summed E-state index contributed by atoms with van der Waals surface area (Å²) in [5.41, 5.74) is 1.45. The Bertz CT molecular complexity index is 593. The number of nitro benzene ring substituents is 1. The molecule has 1 N–H and O–H groups in total. The van der Waals surface area contributed by atoms with Gasteiger partial charge < -0.3 is 5.32 Å². The summed E-state index contributed by atoms with van der Waals surface area (Å²) in [6.07, 6.45) is 0. The van der Waals surface area contributed by atoms with Crippen molar-refractivity contribution in [3.05, 3.63) is 56.3 Å². The molecule has 0 aliphatic carbocycles. The van der Waals surface area contributed by atoms with Gasteiger partial charge in [0, 0.05) is 11.4 Å². The minimum absolute atomic E-state index is 0.00174. The smallest absolute Gasteiger partial charge is 0.274 e. The van der Waals surface area contributed by atoms with E-state index in [1.807, 2.05) is 0 Å². The summed E-state index contributed by atoms with van der Waals surface area (Å²) in [4.78, 5) is 22.2. The van der Waals surface area contributed by atoms with Crippen molar-refractivity contribution in [2.24, 2.45) is 0 Å². The van der Waals surface area contributed by atoms with Gasteiger partial charge in [-0.15, -0.1) is 0 Å². The van der Waals surface area contributed by atoms with Crippen LogP contribution in [0.3, 0.4) is 0 Å². The number of nitrogens with zero attached hydrogens (tertiary/aromatic N) is 1. The minimum Gasteiger partial charge on any atom is -0.321 e. The summed E-state index contributed by atoms with van der Waals surface area (Å²) >= 11 is 1.42. The lowest BCUT2D eigenvalue weighted by Crippen LogP contribution is -2.12. The Balaban J connectivity index is 2.27. The van der Waals surface area contributed by atoms with E-state index in [2.05, 4.69) is 5.32 Å². The van der Waals surface area contributed by atoms with E-state index in [9.17, 15) is 14.9 Å². The van der Waals surface area contributed by atoms with Crippen LogP contribution in [0.4, 0.5) is 11.4 Å². The second kappa shape index (κ2) is 4.97. The SMILES string of the molecule is Cc1c(NC(=O)c2ccsc2)cccc1[N+](=O)[O-]. The molecule has 92 valence electrons. The second-order valence-electron chi connectivity index (χ2n) is 3.67. The van der Waals surface area contributed by atoms with E-state index in [0.29, 0.717) is 16.8 Å². The molecule has 0 spiro atoms. The Kier molecular flexibility index (Phi) is 3.38. The molecule has 1 aromatic heterocycles. The maximum atomic E-state index is 11.8. The first kappa shape index (κ1) is 12.3. The summed E-state index contributed by atoms with van der Waals surface area (Å²) in [6, 6.07) is 6.31. The molecule has 0 saturated carbocycles. The Morgan fingerprint density at radius 2 is 2.17 bits per heavy atom. The lowest BCUT2D eigenvalue weighted by molar-refractivity contribution is -0.385. The first-order chi connectivity index (χ1) is 8.59. The van der Waals surface area contributed by atoms with Gasteiger partial charge in [-0.05, 0) is 24.4 Å². The zero-order valence-electron chi connectivity index (χ0n) is 9.54. The van der Waals surface area contributed by atoms with Crippen LogP contribution in [0.15, 0.2) is 35.0 Å². The summed E-state index contributed by atoms with van der Waals surface area (Å²) in [7, 11) is 0. The highest BCUT2D eigenvalue weighted by atomic mass is 32.1. The van der Waals surface area contributed by atoms with Crippen LogP contribution in [0, 0.1) is 17.0 Å². The van der Waals surface area contributed by atoms with Gasteiger partial charge in [-0.2, -0.15) is 11.3 Å². The fourth-order valence-electron chi connectivity index (χ4n) is 1.54. The van der Waals surface area contributed by atoms with Crippen molar-refractivity contribution < 1.29 is 9.72 Å². The third-order valence-electron chi connectivity index (χ3n) is 2.53. The molecule has 18 heavy (non-hydrogen) atoms. The van der Waals surface area contributed by atoms with E-state index < -0.39 is 4.92 Å². The lowest BCUT2D eigenvalue weighted by Gasteiger charge is -2.07. The van der Waals surface area contributed by atoms with Crippen molar-refractivity contribution in [3.63, 3.8) is 0 Å². The number of hydrogen-bond donors (Lipinski definition) is 1. The molecule has 0 fully saturated rings. The molecule has 0 unspecified atom stereocenters. The normalized spacial score (nSPS) is 10.1. The molecular formula is C12H10N2O3S. The molecule has 0 atom stereocenters. The molecule has 0 radical (unpaired) electrons. The van der Waals surface area contributed by atoms with Crippen LogP contribution >= 0.6 is 11.3 Å². The molecule has 0 aliphatic rings. The highest BCUT2D eigenvalue weighted by Crippen LogP contribution is 2.25. The number of carbonyl (C=O) groups excluding carboxylic acids is 1. The van der Waals surface area contributed by atoms with E-state index in [4.69, 9.17) is 0 Å². The summed E-state index contributed by atoms with van der Waals surface area (Å²) < 4.78 is 0. The highest BCUT2D eigenvalue weighted by Gasteiger charge is 2.15. The average molecular weight is 262 g/mol. The molecule has 0 bridgehead atoms. The van der Waals surface area contributed by atoms with Crippen molar-refractivity contribution >= 4 is 28.6 Å². The molecule has 1 aromatic carbocycles. The van der Waals surface area contributed by atoms with Gasteiger partial charge in [-0.3, -0.25) is 14.9 Å². The molecule has 2 aromatic rings. The zero-order chi connectivity index (χ0) is 13.1. The topological polar surface area (TPSA) is 72.2 Å². The molecule has 2 rings (SSSR count). The predicted octanol–water partition coefficient (Wildman–Crippen LogP) is 3.22. The number of carbonyl (C=O) groups is 1. The van der Waals surface area contributed by atoms with Gasteiger partial charge >= 0.3 is 0 Å². The average Bonchev–Trinajstić information content (AvgIpc) is 2.85. The van der Waals surface area contributed by atoms with Gasteiger partial charge in [0.1, 0.15) is 0 Å². The van der Waals surface area contributed by atoms with E-state index >= 15 is 0 Å². The van der Waals surface area contributed by atoms with Crippen molar-refractivity contribution in [1.29, 1.82) is 0 Å². The van der Waals surface area contributed by atoms with Crippen molar-refractivity contribution in [2.45, 2.75) is 6.92 Å². The lowest BCUT2D eigenvalue weighted by atomic mass is 10.1. The number of hydrogen-bond acceptors (Lipinski definition) is 4. The second-order valence-corrected chi connectivity index (χ2v) is 4.45. The fraction of sp³-hybridized carbons (Fsp3) is 0.0833. The summed E-state index contributed by atoms with van der Waals surface area (Å²) in [6.45, 7) is 1.61. The van der Waals surface area contributed by atoms with Gasteiger partial charge in [0.25, 0.3) is 11.6 Å². The van der Waals surface area contributed by atoms with Gasteiger partial charge in [-0.25, -0.2) is 0 Å². The van der Waals surface area contributed by atoms with E-state index in [0.717, 1.165) is 0 Å². The number of amides is 1. The third-order valence-corrected chi connectivity index (χ3v) is 3.22. The van der Waals surface area contributed by atoms with Crippen LogP contribution in [-0.4, -0.2) is 10.8 Å². The monoisotopic (exact) mass is 262 g/mol. The van der Waals surface area contributed by atoms with Gasteiger partial charge in [0.2, 0.25) is 0 Å². The molecule has 1 heterocycles. The molecule has 1 amide bonds. The molecule has 5 nitrogen and oxygen atoms in total. The quantitative estimate of drug-likeness (QED) is 0.681. The highest BCUT2D eigenvalue weighted by molar-refractivity contribution is 7.08. The fourth-order valence-corrected chi connectivity index (χ4v) is 2.18. The first-order valence-corrected chi connectivity index (χ1v) is 6.11. The molecular weight excluding hydrogens is 252 g/mol. The maximum Gasteiger partial charge on any atom is 0.274 e. The Labute approximate surface area is 107 Å². The van der Waals surface area contributed by atoms with Gasteiger partial charge in [0.05, 0.1) is 21.7 Å². The number of benzene rings is 1. The zero-order valence-corrected chi connectivity index (χ0v) is 10.4. The number of anilines is 1. The Hall–Kier alpha value is -2.21. The van der Waals surface area contributed by atoms with Crippen LogP contribution in [0.1, 0.15) is 15.9 Å². The Morgan fingerprint density at radius 1 is 1.39 bits per heavy atom. The van der Waals surface area contributed by atoms with Crippen LogP contribution in [-0.2, 0) is 0 Å². The number of thiophene rings is 1. The van der Waals surface area contributed by atoms with Crippen molar-refractivity contribution in [3.8, 4) is 0 Å². The first-order valence-electron chi connectivity index (χ1n) is 5.17. The summed E-state index contributed by atoms with van der Waals surface area (Å²) in [5, 5.41) is 17.0. The van der Waals surface area contributed by atoms with Crippen molar-refractivity contribution in [2.75, 3.05) is 5.32 Å². The molecule has 6 heteroatoms. The van der Waals surface area contributed by atoms with Crippen LogP contribution in [0.2, 0.25) is 0 Å². The number of nitro groups is 1. The summed E-state index contributed by atoms with van der Waals surface area (Å²) in [5.74, 6) is -0.264. The van der Waals surface area contributed by atoms with E-state index in [-0.39, 0.29) is 11.6 Å². The van der Waals surface area contributed by atoms with E-state index in [1.54, 1.807) is 35.9 Å².